The van der Waals surface area contributed by atoms with Crippen molar-refractivity contribution >= 4 is 11.8 Å². The standard InChI is InChI=1S/C24H49N3O2/c1-3-5-7-9-10-11-12-14-16-21-26-24(29)22(18-17-20-25)27-23(28)19-15-13-8-6-4-2/h22H,3-21,25H2,1-2H3,(H,26,29)(H,27,28). The van der Waals surface area contributed by atoms with E-state index in [1.807, 2.05) is 0 Å². The Morgan fingerprint density at radius 1 is 0.724 bits per heavy atom. The van der Waals surface area contributed by atoms with Gasteiger partial charge in [-0.25, -0.2) is 0 Å². The lowest BCUT2D eigenvalue weighted by Crippen LogP contribution is -2.47. The van der Waals surface area contributed by atoms with Gasteiger partial charge in [-0.15, -0.1) is 0 Å². The molecule has 0 rings (SSSR count). The van der Waals surface area contributed by atoms with Gasteiger partial charge < -0.3 is 16.4 Å². The fourth-order valence-corrected chi connectivity index (χ4v) is 3.52. The van der Waals surface area contributed by atoms with Crippen LogP contribution in [0.2, 0.25) is 0 Å². The zero-order valence-corrected chi connectivity index (χ0v) is 19.4. The first kappa shape index (κ1) is 27.9. The molecule has 0 aromatic rings. The lowest BCUT2D eigenvalue weighted by molar-refractivity contribution is -0.129. The van der Waals surface area contributed by atoms with E-state index in [2.05, 4.69) is 24.5 Å². The zero-order chi connectivity index (χ0) is 21.6. The van der Waals surface area contributed by atoms with Crippen molar-refractivity contribution in [1.82, 2.24) is 10.6 Å². The predicted octanol–water partition coefficient (Wildman–Crippen LogP) is 5.22. The summed E-state index contributed by atoms with van der Waals surface area (Å²) in [6.07, 6.45) is 18.9. The van der Waals surface area contributed by atoms with E-state index < -0.39 is 6.04 Å². The molecule has 4 N–H and O–H groups in total. The molecule has 2 amide bonds. The summed E-state index contributed by atoms with van der Waals surface area (Å²) in [7, 11) is 0. The summed E-state index contributed by atoms with van der Waals surface area (Å²) in [5.74, 6) is -0.0703. The Bertz CT molecular complexity index is 388. The van der Waals surface area contributed by atoms with Crippen LogP contribution in [0.1, 0.15) is 123 Å². The quantitative estimate of drug-likeness (QED) is 0.226. The van der Waals surface area contributed by atoms with Gasteiger partial charge in [-0.3, -0.25) is 9.59 Å². The number of hydrogen-bond acceptors (Lipinski definition) is 3. The van der Waals surface area contributed by atoms with E-state index in [0.717, 1.165) is 32.1 Å². The van der Waals surface area contributed by atoms with E-state index in [1.54, 1.807) is 0 Å². The van der Waals surface area contributed by atoms with Crippen LogP contribution in [-0.2, 0) is 9.59 Å². The van der Waals surface area contributed by atoms with E-state index in [9.17, 15) is 9.59 Å². The highest BCUT2D eigenvalue weighted by Crippen LogP contribution is 2.09. The van der Waals surface area contributed by atoms with Gasteiger partial charge in [0.15, 0.2) is 0 Å². The topological polar surface area (TPSA) is 84.2 Å². The van der Waals surface area contributed by atoms with Crippen LogP contribution < -0.4 is 16.4 Å². The number of carbonyl (C=O) groups excluding carboxylic acids is 2. The molecule has 1 atom stereocenters. The summed E-state index contributed by atoms with van der Waals surface area (Å²) < 4.78 is 0. The normalized spacial score (nSPS) is 12.0. The van der Waals surface area contributed by atoms with Crippen molar-refractivity contribution in [3.63, 3.8) is 0 Å². The number of hydrogen-bond donors (Lipinski definition) is 3. The smallest absolute Gasteiger partial charge is 0.242 e. The zero-order valence-electron chi connectivity index (χ0n) is 19.4. The largest absolute Gasteiger partial charge is 0.354 e. The molecule has 1 unspecified atom stereocenters. The second kappa shape index (κ2) is 21.6. The molecule has 172 valence electrons. The van der Waals surface area contributed by atoms with Gasteiger partial charge in [0.2, 0.25) is 11.8 Å². The number of unbranched alkanes of at least 4 members (excludes halogenated alkanes) is 12. The molecule has 0 radical (unpaired) electrons. The number of rotatable bonds is 21. The highest BCUT2D eigenvalue weighted by atomic mass is 16.2. The third-order valence-electron chi connectivity index (χ3n) is 5.44. The van der Waals surface area contributed by atoms with Gasteiger partial charge in [-0.05, 0) is 32.2 Å². The summed E-state index contributed by atoms with van der Waals surface area (Å²) in [6.45, 7) is 5.66. The van der Waals surface area contributed by atoms with E-state index in [4.69, 9.17) is 5.73 Å². The van der Waals surface area contributed by atoms with Crippen LogP contribution in [0.4, 0.5) is 0 Å². The molecule has 0 aliphatic carbocycles. The molecule has 0 aromatic carbocycles. The summed E-state index contributed by atoms with van der Waals surface area (Å²) in [5, 5.41) is 5.93. The highest BCUT2D eigenvalue weighted by molar-refractivity contribution is 5.87. The van der Waals surface area contributed by atoms with E-state index in [0.29, 0.717) is 25.9 Å². The SMILES string of the molecule is CCCCCCCCCCCNC(=O)C(CCCN)NC(=O)CCCCCCC. The van der Waals surface area contributed by atoms with Gasteiger partial charge in [-0.2, -0.15) is 0 Å². The molecule has 0 spiro atoms. The molecule has 5 heteroatoms. The monoisotopic (exact) mass is 411 g/mol. The van der Waals surface area contributed by atoms with Crippen LogP contribution in [0.25, 0.3) is 0 Å². The Morgan fingerprint density at radius 2 is 1.24 bits per heavy atom. The first-order valence-electron chi connectivity index (χ1n) is 12.4. The lowest BCUT2D eigenvalue weighted by atomic mass is 10.1. The molecule has 29 heavy (non-hydrogen) atoms. The van der Waals surface area contributed by atoms with Crippen molar-refractivity contribution in [3.05, 3.63) is 0 Å². The van der Waals surface area contributed by atoms with Crippen LogP contribution in [-0.4, -0.2) is 30.9 Å². The van der Waals surface area contributed by atoms with Crippen molar-refractivity contribution in [2.24, 2.45) is 5.73 Å². The second-order valence-electron chi connectivity index (χ2n) is 8.33. The first-order valence-corrected chi connectivity index (χ1v) is 12.4. The van der Waals surface area contributed by atoms with Gasteiger partial charge >= 0.3 is 0 Å². The van der Waals surface area contributed by atoms with E-state index in [1.165, 1.54) is 64.2 Å². The molecule has 0 aliphatic rings. The molecule has 5 nitrogen and oxygen atoms in total. The highest BCUT2D eigenvalue weighted by Gasteiger charge is 2.19. The Hall–Kier alpha value is -1.10. The van der Waals surface area contributed by atoms with Crippen LogP contribution in [0.5, 0.6) is 0 Å². The van der Waals surface area contributed by atoms with E-state index >= 15 is 0 Å². The molecule has 0 bridgehead atoms. The Kier molecular flexibility index (Phi) is 20.8. The first-order chi connectivity index (χ1) is 14.2. The van der Waals surface area contributed by atoms with Crippen molar-refractivity contribution < 1.29 is 9.59 Å². The minimum atomic E-state index is -0.444. The molecule has 0 saturated heterocycles. The van der Waals surface area contributed by atoms with Crippen LogP contribution in [0, 0.1) is 0 Å². The van der Waals surface area contributed by atoms with Crippen molar-refractivity contribution in [1.29, 1.82) is 0 Å². The van der Waals surface area contributed by atoms with Gasteiger partial charge in [-0.1, -0.05) is 90.9 Å². The molecule has 0 aromatic heterocycles. The lowest BCUT2D eigenvalue weighted by Gasteiger charge is -2.18. The summed E-state index contributed by atoms with van der Waals surface area (Å²) in [4.78, 5) is 24.6. The fourth-order valence-electron chi connectivity index (χ4n) is 3.52. The van der Waals surface area contributed by atoms with Crippen molar-refractivity contribution in [2.45, 2.75) is 129 Å². The average Bonchev–Trinajstić information content (AvgIpc) is 2.72. The minimum absolute atomic E-state index is 0.0123. The Labute approximate surface area is 180 Å². The third kappa shape index (κ3) is 18.7. The van der Waals surface area contributed by atoms with Crippen LogP contribution >= 0.6 is 0 Å². The number of amides is 2. The molecular weight excluding hydrogens is 362 g/mol. The molecule has 0 aliphatic heterocycles. The van der Waals surface area contributed by atoms with Crippen molar-refractivity contribution in [3.8, 4) is 0 Å². The maximum atomic E-state index is 12.5. The number of nitrogens with one attached hydrogen (secondary N) is 2. The Balaban J connectivity index is 3.92. The van der Waals surface area contributed by atoms with E-state index in [-0.39, 0.29) is 11.8 Å². The van der Waals surface area contributed by atoms with Crippen molar-refractivity contribution in [2.75, 3.05) is 13.1 Å². The maximum absolute atomic E-state index is 12.5. The molecule has 0 heterocycles. The minimum Gasteiger partial charge on any atom is -0.354 e. The fraction of sp³-hybridized carbons (Fsp3) is 0.917. The molecule has 0 fully saturated rings. The Morgan fingerprint density at radius 3 is 1.79 bits per heavy atom. The van der Waals surface area contributed by atoms with Gasteiger partial charge in [0.1, 0.15) is 6.04 Å². The number of carbonyl (C=O) groups is 2. The number of nitrogens with two attached hydrogens (primary N) is 1. The van der Waals surface area contributed by atoms with Gasteiger partial charge in [0.05, 0.1) is 0 Å². The third-order valence-corrected chi connectivity index (χ3v) is 5.44. The maximum Gasteiger partial charge on any atom is 0.242 e. The summed E-state index contributed by atoms with van der Waals surface area (Å²) in [6, 6.07) is -0.444. The van der Waals surface area contributed by atoms with Gasteiger partial charge in [0, 0.05) is 13.0 Å². The molecule has 0 saturated carbocycles. The average molecular weight is 412 g/mol. The van der Waals surface area contributed by atoms with Crippen LogP contribution in [0.3, 0.4) is 0 Å². The van der Waals surface area contributed by atoms with Gasteiger partial charge in [0.25, 0.3) is 0 Å². The van der Waals surface area contributed by atoms with Crippen LogP contribution in [0.15, 0.2) is 0 Å². The summed E-state index contributed by atoms with van der Waals surface area (Å²) >= 11 is 0. The predicted molar refractivity (Wildman–Crippen MR) is 124 cm³/mol. The second-order valence-corrected chi connectivity index (χ2v) is 8.33. The summed E-state index contributed by atoms with van der Waals surface area (Å²) in [5.41, 5.74) is 5.60. The molecular formula is C24H49N3O2.